The van der Waals surface area contributed by atoms with E-state index in [0.29, 0.717) is 25.9 Å². The number of nitrogens with zero attached hydrogens (tertiary/aromatic N) is 2. The molecule has 0 amide bonds. The van der Waals surface area contributed by atoms with E-state index >= 15 is 0 Å². The molecule has 2 heterocycles. The molecule has 0 radical (unpaired) electrons. The zero-order valence-electron chi connectivity index (χ0n) is 9.54. The number of nitrogens with two attached hydrogens (primary N) is 1. The van der Waals surface area contributed by atoms with Crippen LogP contribution in [-0.4, -0.2) is 53.1 Å². The fourth-order valence-electron chi connectivity index (χ4n) is 1.87. The predicted octanol–water partition coefficient (Wildman–Crippen LogP) is -0.780. The molecule has 0 unspecified atom stereocenters. The van der Waals surface area contributed by atoms with Gasteiger partial charge in [-0.2, -0.15) is 9.40 Å². The number of carboxylic acid groups (broad SMARTS) is 1. The molecule has 2 rings (SSSR count). The third-order valence-corrected chi connectivity index (χ3v) is 4.80. The molecule has 8 nitrogen and oxygen atoms in total. The highest BCUT2D eigenvalue weighted by Gasteiger charge is 2.33. The van der Waals surface area contributed by atoms with E-state index in [1.54, 1.807) is 0 Å². The van der Waals surface area contributed by atoms with Gasteiger partial charge in [0.05, 0.1) is 6.20 Å². The van der Waals surface area contributed by atoms with Crippen molar-refractivity contribution >= 4 is 16.0 Å². The number of nitrogens with one attached hydrogen (secondary N) is 1. The molecule has 0 aliphatic carbocycles. The summed E-state index contributed by atoms with van der Waals surface area (Å²) in [6.45, 7) is 0.586. The maximum Gasteiger partial charge on any atom is 0.340 e. The molecule has 0 aromatic carbocycles. The van der Waals surface area contributed by atoms with Crippen LogP contribution in [0.1, 0.15) is 23.2 Å². The number of rotatable bonds is 3. The van der Waals surface area contributed by atoms with Crippen LogP contribution in [0.3, 0.4) is 0 Å². The van der Waals surface area contributed by atoms with Gasteiger partial charge in [-0.25, -0.2) is 13.2 Å². The molecule has 0 spiro atoms. The monoisotopic (exact) mass is 274 g/mol. The fourth-order valence-corrected chi connectivity index (χ4v) is 3.40. The zero-order chi connectivity index (χ0) is 13.3. The minimum atomic E-state index is -3.84. The van der Waals surface area contributed by atoms with E-state index in [0.717, 1.165) is 6.20 Å². The molecule has 1 fully saturated rings. The van der Waals surface area contributed by atoms with Crippen molar-refractivity contribution in [2.45, 2.75) is 23.9 Å². The van der Waals surface area contributed by atoms with Gasteiger partial charge in [-0.15, -0.1) is 0 Å². The Bertz CT molecular complexity index is 545. The van der Waals surface area contributed by atoms with Gasteiger partial charge in [0.25, 0.3) is 10.0 Å². The minimum Gasteiger partial charge on any atom is -0.478 e. The molecular formula is C9H14N4O4S. The quantitative estimate of drug-likeness (QED) is 0.663. The molecule has 9 heteroatoms. The largest absolute Gasteiger partial charge is 0.478 e. The first kappa shape index (κ1) is 13.0. The Kier molecular flexibility index (Phi) is 3.37. The Morgan fingerprint density at radius 2 is 2.11 bits per heavy atom. The SMILES string of the molecule is NC1CCN(S(=O)(=O)c2[nH]ncc2C(=O)O)CC1. The fraction of sp³-hybridized carbons (Fsp3) is 0.556. The van der Waals surface area contributed by atoms with Gasteiger partial charge in [-0.05, 0) is 12.8 Å². The molecule has 4 N–H and O–H groups in total. The highest BCUT2D eigenvalue weighted by molar-refractivity contribution is 7.89. The summed E-state index contributed by atoms with van der Waals surface area (Å²) in [4.78, 5) is 10.9. The van der Waals surface area contributed by atoms with Crippen molar-refractivity contribution in [1.82, 2.24) is 14.5 Å². The topological polar surface area (TPSA) is 129 Å². The van der Waals surface area contributed by atoms with Crippen LogP contribution in [0.25, 0.3) is 0 Å². The van der Waals surface area contributed by atoms with Gasteiger partial charge in [-0.3, -0.25) is 5.10 Å². The van der Waals surface area contributed by atoms with E-state index in [4.69, 9.17) is 10.8 Å². The lowest BCUT2D eigenvalue weighted by Crippen LogP contribution is -2.43. The first-order chi connectivity index (χ1) is 8.43. The van der Waals surface area contributed by atoms with E-state index in [1.165, 1.54) is 4.31 Å². The molecule has 100 valence electrons. The average molecular weight is 274 g/mol. The van der Waals surface area contributed by atoms with E-state index in [9.17, 15) is 13.2 Å². The van der Waals surface area contributed by atoms with Crippen molar-refractivity contribution in [2.75, 3.05) is 13.1 Å². The number of sulfonamides is 1. The number of aromatic amines is 1. The highest BCUT2D eigenvalue weighted by atomic mass is 32.2. The van der Waals surface area contributed by atoms with Crippen LogP contribution in [0.15, 0.2) is 11.2 Å². The minimum absolute atomic E-state index is 0.00263. The average Bonchev–Trinajstić information content (AvgIpc) is 2.79. The zero-order valence-corrected chi connectivity index (χ0v) is 10.4. The Labute approximate surface area is 104 Å². The van der Waals surface area contributed by atoms with Crippen molar-refractivity contribution in [1.29, 1.82) is 0 Å². The lowest BCUT2D eigenvalue weighted by Gasteiger charge is -2.28. The molecule has 1 aliphatic rings. The molecule has 0 saturated carbocycles. The molecule has 1 aromatic rings. The van der Waals surface area contributed by atoms with Crippen molar-refractivity contribution in [3.8, 4) is 0 Å². The van der Waals surface area contributed by atoms with Gasteiger partial charge in [0.1, 0.15) is 5.56 Å². The van der Waals surface area contributed by atoms with Gasteiger partial charge in [0.15, 0.2) is 5.03 Å². The summed E-state index contributed by atoms with van der Waals surface area (Å²) in [5, 5.41) is 14.3. The van der Waals surface area contributed by atoms with Crippen LogP contribution >= 0.6 is 0 Å². The summed E-state index contributed by atoms with van der Waals surface area (Å²) in [7, 11) is -3.84. The first-order valence-electron chi connectivity index (χ1n) is 5.45. The van der Waals surface area contributed by atoms with Crippen LogP contribution in [0, 0.1) is 0 Å². The molecule has 18 heavy (non-hydrogen) atoms. The second-order valence-corrected chi connectivity index (χ2v) is 6.03. The number of piperidine rings is 1. The second-order valence-electron chi connectivity index (χ2n) is 4.16. The van der Waals surface area contributed by atoms with E-state index in [2.05, 4.69) is 10.2 Å². The van der Waals surface area contributed by atoms with Gasteiger partial charge < -0.3 is 10.8 Å². The van der Waals surface area contributed by atoms with Gasteiger partial charge in [-0.1, -0.05) is 0 Å². The molecule has 0 bridgehead atoms. The van der Waals surface area contributed by atoms with Gasteiger partial charge in [0, 0.05) is 19.1 Å². The van der Waals surface area contributed by atoms with Crippen LogP contribution in [0.5, 0.6) is 0 Å². The second kappa shape index (κ2) is 4.67. The van der Waals surface area contributed by atoms with E-state index in [1.807, 2.05) is 0 Å². The lowest BCUT2D eigenvalue weighted by molar-refractivity contribution is 0.0692. The van der Waals surface area contributed by atoms with Gasteiger partial charge in [0.2, 0.25) is 0 Å². The highest BCUT2D eigenvalue weighted by Crippen LogP contribution is 2.21. The van der Waals surface area contributed by atoms with Crippen LogP contribution in [0.4, 0.5) is 0 Å². The van der Waals surface area contributed by atoms with E-state index < -0.39 is 16.0 Å². The van der Waals surface area contributed by atoms with Crippen molar-refractivity contribution in [3.63, 3.8) is 0 Å². The molecular weight excluding hydrogens is 260 g/mol. The van der Waals surface area contributed by atoms with Crippen LogP contribution in [0.2, 0.25) is 0 Å². The molecule has 1 saturated heterocycles. The summed E-state index contributed by atoms with van der Waals surface area (Å²) in [6, 6.07) is -0.00263. The number of H-pyrrole nitrogens is 1. The summed E-state index contributed by atoms with van der Waals surface area (Å²) < 4.78 is 25.7. The molecule has 0 atom stereocenters. The molecule has 1 aliphatic heterocycles. The third kappa shape index (κ3) is 2.24. The number of carbonyl (C=O) groups is 1. The van der Waals surface area contributed by atoms with Crippen LogP contribution < -0.4 is 5.73 Å². The Balaban J connectivity index is 2.31. The number of aromatic nitrogens is 2. The summed E-state index contributed by atoms with van der Waals surface area (Å²) in [6.07, 6.45) is 2.12. The number of hydrogen-bond donors (Lipinski definition) is 3. The molecule has 1 aromatic heterocycles. The van der Waals surface area contributed by atoms with Gasteiger partial charge >= 0.3 is 5.97 Å². The number of carboxylic acids is 1. The van der Waals surface area contributed by atoms with Crippen LogP contribution in [-0.2, 0) is 10.0 Å². The Morgan fingerprint density at radius 1 is 1.50 bits per heavy atom. The Morgan fingerprint density at radius 3 is 2.67 bits per heavy atom. The normalized spacial score (nSPS) is 18.9. The van der Waals surface area contributed by atoms with Crippen molar-refractivity contribution in [3.05, 3.63) is 11.8 Å². The maximum absolute atomic E-state index is 12.2. The first-order valence-corrected chi connectivity index (χ1v) is 6.89. The predicted molar refractivity (Wildman–Crippen MR) is 61.5 cm³/mol. The third-order valence-electron chi connectivity index (χ3n) is 2.93. The Hall–Kier alpha value is -1.45. The maximum atomic E-state index is 12.2. The summed E-state index contributed by atoms with van der Waals surface area (Å²) in [5.41, 5.74) is 5.36. The standard InChI is InChI=1S/C9H14N4O4S/c10-6-1-3-13(4-2-6)18(16,17)8-7(9(14)15)5-11-12-8/h5-6H,1-4,10H2,(H,11,12)(H,14,15). The van der Waals surface area contributed by atoms with Crippen molar-refractivity contribution in [2.24, 2.45) is 5.73 Å². The number of hydrogen-bond acceptors (Lipinski definition) is 5. The van der Waals surface area contributed by atoms with Crippen molar-refractivity contribution < 1.29 is 18.3 Å². The number of aromatic carboxylic acids is 1. The van der Waals surface area contributed by atoms with E-state index in [-0.39, 0.29) is 16.6 Å². The smallest absolute Gasteiger partial charge is 0.340 e. The summed E-state index contributed by atoms with van der Waals surface area (Å²) >= 11 is 0. The summed E-state index contributed by atoms with van der Waals surface area (Å²) in [5.74, 6) is -1.32. The lowest BCUT2D eigenvalue weighted by atomic mass is 10.1.